The minimum absolute atomic E-state index is 0.0849. The molecule has 0 saturated heterocycles. The van der Waals surface area contributed by atoms with Gasteiger partial charge in [0.15, 0.2) is 5.13 Å². The van der Waals surface area contributed by atoms with Gasteiger partial charge in [-0.25, -0.2) is 4.98 Å². The van der Waals surface area contributed by atoms with Crippen LogP contribution in [0, 0.1) is 13.8 Å². The lowest BCUT2D eigenvalue weighted by molar-refractivity contribution is -0.119. The van der Waals surface area contributed by atoms with E-state index in [1.165, 1.54) is 11.3 Å². The summed E-state index contributed by atoms with van der Waals surface area (Å²) in [7, 11) is 0. The molecule has 0 unspecified atom stereocenters. The van der Waals surface area contributed by atoms with E-state index in [1.807, 2.05) is 44.2 Å². The van der Waals surface area contributed by atoms with E-state index in [0.717, 1.165) is 26.9 Å². The van der Waals surface area contributed by atoms with Crippen LogP contribution in [-0.2, 0) is 11.3 Å². The number of thiazole rings is 1. The number of nitrogens with one attached hydrogen (secondary N) is 2. The van der Waals surface area contributed by atoms with Crippen molar-refractivity contribution in [2.24, 2.45) is 5.73 Å². The number of carbonyl (C=O) groups is 2. The molecule has 6 nitrogen and oxygen atoms in total. The van der Waals surface area contributed by atoms with Gasteiger partial charge in [0.2, 0.25) is 5.91 Å². The van der Waals surface area contributed by atoms with Crippen LogP contribution in [0.1, 0.15) is 27.0 Å². The molecule has 0 aliphatic rings. The van der Waals surface area contributed by atoms with Crippen LogP contribution in [0.15, 0.2) is 36.4 Å². The van der Waals surface area contributed by atoms with Crippen molar-refractivity contribution in [1.82, 2.24) is 10.3 Å². The molecule has 4 N–H and O–H groups in total. The maximum absolute atomic E-state index is 12.7. The summed E-state index contributed by atoms with van der Waals surface area (Å²) in [5.74, 6) is -0.516. The Balaban J connectivity index is 1.82. The fourth-order valence-electron chi connectivity index (χ4n) is 2.61. The first-order valence-corrected chi connectivity index (χ1v) is 9.03. The van der Waals surface area contributed by atoms with Crippen LogP contribution in [0.2, 0.25) is 0 Å². The number of anilines is 1. The zero-order valence-corrected chi connectivity index (χ0v) is 15.4. The molecule has 0 atom stereocenters. The third-order valence-corrected chi connectivity index (χ3v) is 4.86. The van der Waals surface area contributed by atoms with Crippen molar-refractivity contribution in [1.29, 1.82) is 0 Å². The fraction of sp³-hybridized carbons (Fsp3) is 0.211. The first kappa shape index (κ1) is 18.0. The summed E-state index contributed by atoms with van der Waals surface area (Å²) in [4.78, 5) is 28.6. The number of hydrogen-bond donors (Lipinski definition) is 3. The van der Waals surface area contributed by atoms with Crippen molar-refractivity contribution < 1.29 is 9.59 Å². The number of aromatic nitrogens is 1. The Bertz CT molecular complexity index is 981. The summed E-state index contributed by atoms with van der Waals surface area (Å²) in [5, 5.41) is 6.11. The number of carbonyl (C=O) groups excluding carboxylic acids is 2. The summed E-state index contributed by atoms with van der Waals surface area (Å²) >= 11 is 1.44. The minimum atomic E-state index is -0.264. The molecule has 26 heavy (non-hydrogen) atoms. The average Bonchev–Trinajstić information content (AvgIpc) is 3.00. The van der Waals surface area contributed by atoms with Crippen LogP contribution < -0.4 is 16.4 Å². The van der Waals surface area contributed by atoms with Crippen LogP contribution in [0.4, 0.5) is 5.13 Å². The highest BCUT2D eigenvalue weighted by atomic mass is 32.1. The highest BCUT2D eigenvalue weighted by Crippen LogP contribution is 2.27. The Kier molecular flexibility index (Phi) is 5.29. The molecule has 7 heteroatoms. The van der Waals surface area contributed by atoms with Gasteiger partial charge in [0, 0.05) is 12.1 Å². The second-order valence-corrected chi connectivity index (χ2v) is 7.12. The lowest BCUT2D eigenvalue weighted by Crippen LogP contribution is -2.30. The van der Waals surface area contributed by atoms with Gasteiger partial charge in [0.05, 0.1) is 16.8 Å². The van der Waals surface area contributed by atoms with E-state index in [1.54, 1.807) is 6.07 Å². The zero-order valence-electron chi connectivity index (χ0n) is 14.6. The standard InChI is InChI=1S/C19H20N4O2S/c1-11-3-5-14(13(7-11)10-21-17(24)9-20)18(25)23-19-22-15-6-4-12(2)8-16(15)26-19/h3-8H,9-10,20H2,1-2H3,(H,21,24)(H,22,23,25). The second-order valence-electron chi connectivity index (χ2n) is 6.09. The first-order chi connectivity index (χ1) is 12.5. The quantitative estimate of drug-likeness (QED) is 0.645. The van der Waals surface area contributed by atoms with Crippen LogP contribution in [0.25, 0.3) is 10.2 Å². The molecule has 0 spiro atoms. The molecule has 1 heterocycles. The van der Waals surface area contributed by atoms with Gasteiger partial charge in [-0.2, -0.15) is 0 Å². The summed E-state index contributed by atoms with van der Waals surface area (Å²) < 4.78 is 1.03. The number of amides is 2. The smallest absolute Gasteiger partial charge is 0.257 e. The predicted molar refractivity (Wildman–Crippen MR) is 104 cm³/mol. The molecule has 0 aliphatic carbocycles. The monoisotopic (exact) mass is 368 g/mol. The molecule has 2 amide bonds. The normalized spacial score (nSPS) is 10.7. The molecule has 2 aromatic carbocycles. The molecule has 0 bridgehead atoms. The van der Waals surface area contributed by atoms with E-state index in [4.69, 9.17) is 5.73 Å². The maximum Gasteiger partial charge on any atom is 0.257 e. The van der Waals surface area contributed by atoms with Gasteiger partial charge in [0.25, 0.3) is 5.91 Å². The van der Waals surface area contributed by atoms with Gasteiger partial charge >= 0.3 is 0 Å². The predicted octanol–water partition coefficient (Wildman–Crippen LogP) is 2.74. The number of fused-ring (bicyclic) bond motifs is 1. The molecule has 0 saturated carbocycles. The average molecular weight is 368 g/mol. The largest absolute Gasteiger partial charge is 0.351 e. The molecular formula is C19H20N4O2S. The Labute approximate surface area is 155 Å². The summed E-state index contributed by atoms with van der Waals surface area (Å²) in [6, 6.07) is 11.5. The summed E-state index contributed by atoms with van der Waals surface area (Å²) in [6.45, 7) is 4.12. The summed E-state index contributed by atoms with van der Waals surface area (Å²) in [6.07, 6.45) is 0. The number of nitrogens with zero attached hydrogens (tertiary/aromatic N) is 1. The minimum Gasteiger partial charge on any atom is -0.351 e. The van der Waals surface area contributed by atoms with Gasteiger partial charge in [-0.15, -0.1) is 0 Å². The fourth-order valence-corrected chi connectivity index (χ4v) is 3.57. The van der Waals surface area contributed by atoms with E-state index in [2.05, 4.69) is 15.6 Å². The number of aryl methyl sites for hydroxylation is 2. The van der Waals surface area contributed by atoms with Crippen LogP contribution >= 0.6 is 11.3 Å². The Morgan fingerprint density at radius 1 is 1.12 bits per heavy atom. The first-order valence-electron chi connectivity index (χ1n) is 8.21. The van der Waals surface area contributed by atoms with Gasteiger partial charge in [-0.1, -0.05) is 35.1 Å². The summed E-state index contributed by atoms with van der Waals surface area (Å²) in [5.41, 5.74) is 9.57. The van der Waals surface area contributed by atoms with Gasteiger partial charge in [-0.05, 0) is 43.2 Å². The Hall–Kier alpha value is -2.77. The highest BCUT2D eigenvalue weighted by molar-refractivity contribution is 7.22. The second kappa shape index (κ2) is 7.63. The molecule has 0 fully saturated rings. The molecule has 0 radical (unpaired) electrons. The van der Waals surface area contributed by atoms with Crippen molar-refractivity contribution in [3.8, 4) is 0 Å². The molecule has 134 valence electrons. The van der Waals surface area contributed by atoms with Crippen LogP contribution in [0.5, 0.6) is 0 Å². The Morgan fingerprint density at radius 2 is 1.85 bits per heavy atom. The third-order valence-electron chi connectivity index (χ3n) is 3.93. The Morgan fingerprint density at radius 3 is 2.62 bits per heavy atom. The van der Waals surface area contributed by atoms with Gasteiger partial charge < -0.3 is 11.1 Å². The number of hydrogen-bond acceptors (Lipinski definition) is 5. The van der Waals surface area contributed by atoms with Crippen molar-refractivity contribution in [2.75, 3.05) is 11.9 Å². The van der Waals surface area contributed by atoms with Crippen molar-refractivity contribution in [2.45, 2.75) is 20.4 Å². The SMILES string of the molecule is Cc1ccc(C(=O)Nc2nc3ccc(C)cc3s2)c(CNC(=O)CN)c1. The van der Waals surface area contributed by atoms with Crippen LogP contribution in [0.3, 0.4) is 0 Å². The third kappa shape index (κ3) is 4.07. The van der Waals surface area contributed by atoms with Crippen LogP contribution in [-0.4, -0.2) is 23.3 Å². The lowest BCUT2D eigenvalue weighted by atomic mass is 10.0. The number of nitrogens with two attached hydrogens (primary N) is 1. The lowest BCUT2D eigenvalue weighted by Gasteiger charge is -2.11. The highest BCUT2D eigenvalue weighted by Gasteiger charge is 2.14. The van der Waals surface area contributed by atoms with E-state index in [-0.39, 0.29) is 24.9 Å². The van der Waals surface area contributed by atoms with Crippen molar-refractivity contribution >= 4 is 38.5 Å². The van der Waals surface area contributed by atoms with E-state index < -0.39 is 0 Å². The van der Waals surface area contributed by atoms with E-state index in [9.17, 15) is 9.59 Å². The number of benzene rings is 2. The van der Waals surface area contributed by atoms with Crippen molar-refractivity contribution in [3.63, 3.8) is 0 Å². The molecular weight excluding hydrogens is 348 g/mol. The topological polar surface area (TPSA) is 97.1 Å². The van der Waals surface area contributed by atoms with Gasteiger partial charge in [-0.3, -0.25) is 14.9 Å². The number of rotatable bonds is 5. The van der Waals surface area contributed by atoms with E-state index >= 15 is 0 Å². The van der Waals surface area contributed by atoms with E-state index in [0.29, 0.717) is 10.7 Å². The zero-order chi connectivity index (χ0) is 18.7. The molecule has 3 aromatic rings. The molecule has 3 rings (SSSR count). The molecule has 0 aliphatic heterocycles. The van der Waals surface area contributed by atoms with Crippen molar-refractivity contribution in [3.05, 3.63) is 58.7 Å². The molecule has 1 aromatic heterocycles. The maximum atomic E-state index is 12.7. The van der Waals surface area contributed by atoms with Gasteiger partial charge in [0.1, 0.15) is 0 Å².